The minimum atomic E-state index is -4.42. The van der Waals surface area contributed by atoms with Crippen molar-refractivity contribution in [3.05, 3.63) is 47.3 Å². The molecule has 3 rings (SSSR count). The van der Waals surface area contributed by atoms with Crippen LogP contribution in [0.4, 0.5) is 19.1 Å². The number of hydrogen-bond donors (Lipinski definition) is 1. The van der Waals surface area contributed by atoms with E-state index >= 15 is 0 Å². The zero-order valence-electron chi connectivity index (χ0n) is 14.5. The van der Waals surface area contributed by atoms with Gasteiger partial charge in [-0.15, -0.1) is 0 Å². The number of anilines is 1. The number of halogens is 3. The van der Waals surface area contributed by atoms with Gasteiger partial charge in [0.25, 0.3) is 0 Å². The van der Waals surface area contributed by atoms with Gasteiger partial charge in [-0.05, 0) is 18.6 Å². The van der Waals surface area contributed by atoms with Crippen LogP contribution in [0, 0.1) is 6.92 Å². The first kappa shape index (κ1) is 18.4. The van der Waals surface area contributed by atoms with E-state index in [1.807, 2.05) is 17.0 Å². The fourth-order valence-electron chi connectivity index (χ4n) is 2.78. The summed E-state index contributed by atoms with van der Waals surface area (Å²) in [5.41, 5.74) is 3.14. The molecule has 6 nitrogen and oxygen atoms in total. The molecule has 9 heteroatoms. The van der Waals surface area contributed by atoms with E-state index < -0.39 is 11.7 Å². The molecule has 0 amide bonds. The molecule has 0 aliphatic carbocycles. The predicted molar refractivity (Wildman–Crippen MR) is 90.5 cm³/mol. The maximum absolute atomic E-state index is 13.1. The topological polar surface area (TPSA) is 53.5 Å². The van der Waals surface area contributed by atoms with Crippen LogP contribution in [-0.4, -0.2) is 41.8 Å². The van der Waals surface area contributed by atoms with Crippen molar-refractivity contribution >= 4 is 5.95 Å². The zero-order valence-corrected chi connectivity index (χ0v) is 14.5. The maximum Gasteiger partial charge on any atom is 0.416 e. The molecule has 0 atom stereocenters. The van der Waals surface area contributed by atoms with Gasteiger partial charge in [-0.25, -0.2) is 15.0 Å². The second-order valence-corrected chi connectivity index (χ2v) is 6.12. The van der Waals surface area contributed by atoms with E-state index in [4.69, 9.17) is 4.74 Å². The number of hydrogen-bond acceptors (Lipinski definition) is 6. The minimum Gasteiger partial charge on any atom is -0.486 e. The van der Waals surface area contributed by atoms with Crippen LogP contribution in [0.5, 0.6) is 5.75 Å². The quantitative estimate of drug-likeness (QED) is 0.897. The molecule has 1 aliphatic rings. The molecule has 26 heavy (non-hydrogen) atoms. The van der Waals surface area contributed by atoms with Gasteiger partial charge in [0.2, 0.25) is 5.95 Å². The van der Waals surface area contributed by atoms with Crippen molar-refractivity contribution in [3.63, 3.8) is 0 Å². The summed E-state index contributed by atoms with van der Waals surface area (Å²) in [5, 5.41) is 1.92. The number of ether oxygens (including phenoxy) is 1. The second kappa shape index (κ2) is 7.46. The van der Waals surface area contributed by atoms with Crippen LogP contribution in [0.3, 0.4) is 0 Å². The molecule has 0 saturated carbocycles. The molecule has 0 unspecified atom stereocenters. The van der Waals surface area contributed by atoms with E-state index in [0.717, 1.165) is 19.2 Å². The van der Waals surface area contributed by atoms with Crippen molar-refractivity contribution < 1.29 is 17.9 Å². The Balaban J connectivity index is 1.69. The lowest BCUT2D eigenvalue weighted by Gasteiger charge is -2.33. The minimum absolute atomic E-state index is 0.118. The summed E-state index contributed by atoms with van der Waals surface area (Å²) in [6, 6.07) is 4.09. The van der Waals surface area contributed by atoms with Crippen molar-refractivity contribution in [2.75, 3.05) is 31.7 Å². The van der Waals surface area contributed by atoms with Gasteiger partial charge in [0.05, 0.1) is 24.6 Å². The number of rotatable bonds is 4. The second-order valence-electron chi connectivity index (χ2n) is 6.12. The fourth-order valence-corrected chi connectivity index (χ4v) is 2.78. The Morgan fingerprint density at radius 3 is 2.62 bits per heavy atom. The smallest absolute Gasteiger partial charge is 0.416 e. The predicted octanol–water partition coefficient (Wildman–Crippen LogP) is 2.60. The average molecular weight is 367 g/mol. The molecule has 140 valence electrons. The Morgan fingerprint density at radius 1 is 1.23 bits per heavy atom. The molecular formula is C17H20F3N5O. The molecule has 0 spiro atoms. The number of alkyl halides is 3. The van der Waals surface area contributed by atoms with Gasteiger partial charge in [-0.2, -0.15) is 13.2 Å². The average Bonchev–Trinajstić information content (AvgIpc) is 2.60. The Kier molecular flexibility index (Phi) is 5.28. The zero-order chi connectivity index (χ0) is 18.7. The van der Waals surface area contributed by atoms with Gasteiger partial charge in [-0.1, -0.05) is 12.1 Å². The standard InChI is InChI=1S/C17H20F3N5O/c1-12-4-3-5-15(17(18,19)20)14(12)10-26-13-8-21-16(22-9-13)25-7-6-23-24(2)11-25/h3-5,8-9,23H,6-7,10-11H2,1-2H3. The molecule has 0 radical (unpaired) electrons. The van der Waals surface area contributed by atoms with Gasteiger partial charge in [-0.3, -0.25) is 5.43 Å². The number of hydrazine groups is 1. The first-order valence-corrected chi connectivity index (χ1v) is 8.14. The third-order valence-electron chi connectivity index (χ3n) is 4.14. The molecule has 1 aliphatic heterocycles. The normalized spacial score (nSPS) is 16.0. The van der Waals surface area contributed by atoms with Crippen LogP contribution in [-0.2, 0) is 12.8 Å². The van der Waals surface area contributed by atoms with E-state index in [1.54, 1.807) is 13.0 Å². The molecule has 2 aromatic rings. The van der Waals surface area contributed by atoms with Gasteiger partial charge in [0.15, 0.2) is 5.75 Å². The highest BCUT2D eigenvalue weighted by Gasteiger charge is 2.33. The Morgan fingerprint density at radius 2 is 1.96 bits per heavy atom. The van der Waals surface area contributed by atoms with Crippen molar-refractivity contribution in [2.45, 2.75) is 19.7 Å². The SMILES string of the molecule is Cc1cccc(C(F)(F)F)c1COc1cnc(N2CCNN(C)C2)nc1. The molecule has 1 saturated heterocycles. The summed E-state index contributed by atoms with van der Waals surface area (Å²) < 4.78 is 45.0. The van der Waals surface area contributed by atoms with Crippen LogP contribution in [0.2, 0.25) is 0 Å². The highest BCUT2D eigenvalue weighted by Crippen LogP contribution is 2.33. The van der Waals surface area contributed by atoms with Gasteiger partial charge >= 0.3 is 6.18 Å². The van der Waals surface area contributed by atoms with Crippen molar-refractivity contribution in [3.8, 4) is 5.75 Å². The third-order valence-corrected chi connectivity index (χ3v) is 4.14. The summed E-state index contributed by atoms with van der Waals surface area (Å²) in [6.07, 6.45) is -1.45. The van der Waals surface area contributed by atoms with E-state index in [2.05, 4.69) is 15.4 Å². The summed E-state index contributed by atoms with van der Waals surface area (Å²) in [4.78, 5) is 10.5. The van der Waals surface area contributed by atoms with Crippen LogP contribution in [0.15, 0.2) is 30.6 Å². The summed E-state index contributed by atoms with van der Waals surface area (Å²) >= 11 is 0. The molecular weight excluding hydrogens is 347 g/mol. The molecule has 1 aromatic carbocycles. The van der Waals surface area contributed by atoms with E-state index in [9.17, 15) is 13.2 Å². The molecule has 1 N–H and O–H groups in total. The van der Waals surface area contributed by atoms with Gasteiger partial charge in [0.1, 0.15) is 6.61 Å². The van der Waals surface area contributed by atoms with E-state index in [0.29, 0.717) is 23.9 Å². The van der Waals surface area contributed by atoms with Gasteiger partial charge < -0.3 is 9.64 Å². The monoisotopic (exact) mass is 367 g/mol. The summed E-state index contributed by atoms with van der Waals surface area (Å²) in [6.45, 7) is 3.63. The van der Waals surface area contributed by atoms with E-state index in [1.165, 1.54) is 18.5 Å². The first-order valence-electron chi connectivity index (χ1n) is 8.14. The van der Waals surface area contributed by atoms with Crippen molar-refractivity contribution in [1.29, 1.82) is 0 Å². The summed E-state index contributed by atoms with van der Waals surface area (Å²) in [5.74, 6) is 0.881. The lowest BCUT2D eigenvalue weighted by Crippen LogP contribution is -2.53. The largest absolute Gasteiger partial charge is 0.486 e. The molecule has 0 bridgehead atoms. The Hall–Kier alpha value is -2.39. The molecule has 1 aromatic heterocycles. The number of aromatic nitrogens is 2. The summed E-state index contributed by atoms with van der Waals surface area (Å²) in [7, 11) is 1.92. The molecule has 1 fully saturated rings. The van der Waals surface area contributed by atoms with Crippen molar-refractivity contribution in [1.82, 2.24) is 20.4 Å². The van der Waals surface area contributed by atoms with Gasteiger partial charge in [0, 0.05) is 25.7 Å². The first-order chi connectivity index (χ1) is 12.3. The highest BCUT2D eigenvalue weighted by atomic mass is 19.4. The van der Waals surface area contributed by atoms with Crippen molar-refractivity contribution in [2.24, 2.45) is 0 Å². The number of aryl methyl sites for hydroxylation is 1. The van der Waals surface area contributed by atoms with E-state index in [-0.39, 0.29) is 12.2 Å². The Bertz CT molecular complexity index is 751. The number of benzene rings is 1. The van der Waals surface area contributed by atoms with Crippen LogP contribution >= 0.6 is 0 Å². The number of nitrogens with zero attached hydrogens (tertiary/aromatic N) is 4. The highest BCUT2D eigenvalue weighted by molar-refractivity contribution is 5.37. The maximum atomic E-state index is 13.1. The lowest BCUT2D eigenvalue weighted by atomic mass is 10.0. The lowest BCUT2D eigenvalue weighted by molar-refractivity contribution is -0.138. The van der Waals surface area contributed by atoms with Crippen LogP contribution in [0.25, 0.3) is 0 Å². The fraction of sp³-hybridized carbons (Fsp3) is 0.412. The third kappa shape index (κ3) is 4.23. The Labute approximate surface area is 149 Å². The van der Waals surface area contributed by atoms with Crippen LogP contribution in [0.1, 0.15) is 16.7 Å². The molecule has 2 heterocycles. The number of nitrogens with one attached hydrogen (secondary N) is 1. The van der Waals surface area contributed by atoms with Crippen LogP contribution < -0.4 is 15.1 Å².